The number of aliphatic carboxylic acids is 1. The van der Waals surface area contributed by atoms with E-state index in [-0.39, 0.29) is 11.4 Å². The van der Waals surface area contributed by atoms with Crippen LogP contribution in [0.1, 0.15) is 16.1 Å². The Morgan fingerprint density at radius 3 is 2.16 bits per heavy atom. The second-order valence-electron chi connectivity index (χ2n) is 7.08. The van der Waals surface area contributed by atoms with E-state index in [4.69, 9.17) is 0 Å². The van der Waals surface area contributed by atoms with Gasteiger partial charge in [0.25, 0.3) is 5.78 Å². The first kappa shape index (κ1) is 21.2. The number of aromatic nitrogens is 1. The molecule has 0 bridgehead atoms. The minimum Gasteiger partial charge on any atom is -0.475 e. The van der Waals surface area contributed by atoms with E-state index in [0.29, 0.717) is 28.6 Å². The molecule has 0 unspecified atom stereocenters. The van der Waals surface area contributed by atoms with E-state index in [1.807, 2.05) is 30.3 Å². The van der Waals surface area contributed by atoms with Crippen molar-refractivity contribution in [3.05, 3.63) is 90.1 Å². The summed E-state index contributed by atoms with van der Waals surface area (Å²) in [5.41, 5.74) is 2.95. The van der Waals surface area contributed by atoms with Crippen molar-refractivity contribution in [3.8, 4) is 16.9 Å². The number of ether oxygens (including phenoxy) is 1. The van der Waals surface area contributed by atoms with Crippen molar-refractivity contribution in [1.82, 2.24) is 4.57 Å². The fourth-order valence-corrected chi connectivity index (χ4v) is 3.53. The summed E-state index contributed by atoms with van der Waals surface area (Å²) in [6, 6.07) is 21.5. The normalized spacial score (nSPS) is 11.5. The van der Waals surface area contributed by atoms with E-state index in [9.17, 15) is 27.9 Å². The summed E-state index contributed by atoms with van der Waals surface area (Å²) in [6.45, 7) is 0.307. The molecule has 0 radical (unpaired) electrons. The highest BCUT2D eigenvalue weighted by molar-refractivity contribution is 6.40. The zero-order valence-corrected chi connectivity index (χ0v) is 16.5. The van der Waals surface area contributed by atoms with Gasteiger partial charge in [0.1, 0.15) is 5.75 Å². The van der Waals surface area contributed by atoms with Crippen LogP contribution < -0.4 is 4.74 Å². The van der Waals surface area contributed by atoms with Crippen LogP contribution in [0.3, 0.4) is 0 Å². The number of carbonyl (C=O) groups excluding carboxylic acids is 1. The molecule has 0 saturated carbocycles. The number of hydrogen-bond donors (Lipinski definition) is 1. The minimum absolute atomic E-state index is 0.0439. The van der Waals surface area contributed by atoms with E-state index in [0.717, 1.165) is 5.56 Å². The van der Waals surface area contributed by atoms with Gasteiger partial charge < -0.3 is 14.4 Å². The Kier molecular flexibility index (Phi) is 5.44. The highest BCUT2D eigenvalue weighted by atomic mass is 19.4. The Bertz CT molecular complexity index is 1290. The highest BCUT2D eigenvalue weighted by Crippen LogP contribution is 2.30. The number of fused-ring (bicyclic) bond motifs is 1. The summed E-state index contributed by atoms with van der Waals surface area (Å²) in [4.78, 5) is 23.7. The Hall–Kier alpha value is -4.07. The number of carboxylic acids is 1. The molecule has 5 nitrogen and oxygen atoms in total. The van der Waals surface area contributed by atoms with Crippen LogP contribution in [0.4, 0.5) is 13.2 Å². The maximum absolute atomic E-state index is 12.4. The topological polar surface area (TPSA) is 68.5 Å². The van der Waals surface area contributed by atoms with Gasteiger partial charge in [-0.15, -0.1) is 13.2 Å². The third-order valence-corrected chi connectivity index (χ3v) is 4.93. The van der Waals surface area contributed by atoms with Gasteiger partial charge >= 0.3 is 12.3 Å². The molecule has 4 rings (SSSR count). The number of benzene rings is 3. The SMILES string of the molecule is O=C(O)C(=O)c1cc2cc(-c3ccc(OC(F)(F)F)cc3)ccc2n1Cc1ccccc1. The second kappa shape index (κ2) is 8.22. The van der Waals surface area contributed by atoms with Gasteiger partial charge in [0, 0.05) is 17.4 Å². The summed E-state index contributed by atoms with van der Waals surface area (Å²) in [7, 11) is 0. The third-order valence-electron chi connectivity index (χ3n) is 4.93. The lowest BCUT2D eigenvalue weighted by Crippen LogP contribution is -2.18. The van der Waals surface area contributed by atoms with Gasteiger partial charge in [0.05, 0.1) is 5.69 Å². The minimum atomic E-state index is -4.77. The largest absolute Gasteiger partial charge is 0.573 e. The molecule has 4 aromatic rings. The summed E-state index contributed by atoms with van der Waals surface area (Å²) in [6.07, 6.45) is -4.77. The van der Waals surface area contributed by atoms with Crippen LogP contribution in [0.2, 0.25) is 0 Å². The van der Waals surface area contributed by atoms with Crippen LogP contribution in [-0.4, -0.2) is 27.8 Å². The van der Waals surface area contributed by atoms with Gasteiger partial charge in [-0.25, -0.2) is 4.79 Å². The molecular formula is C24H16F3NO4. The molecular weight excluding hydrogens is 423 g/mol. The number of nitrogens with zero attached hydrogens (tertiary/aromatic N) is 1. The van der Waals surface area contributed by atoms with Crippen molar-refractivity contribution >= 4 is 22.7 Å². The van der Waals surface area contributed by atoms with Crippen molar-refractivity contribution < 1.29 is 32.6 Å². The number of carboxylic acid groups (broad SMARTS) is 1. The maximum atomic E-state index is 12.4. The van der Waals surface area contributed by atoms with Gasteiger partial charge in [-0.2, -0.15) is 0 Å². The van der Waals surface area contributed by atoms with E-state index >= 15 is 0 Å². The fourth-order valence-electron chi connectivity index (χ4n) is 3.53. The van der Waals surface area contributed by atoms with E-state index < -0.39 is 18.1 Å². The summed E-state index contributed by atoms with van der Waals surface area (Å²) >= 11 is 0. The summed E-state index contributed by atoms with van der Waals surface area (Å²) < 4.78 is 42.6. The molecule has 0 fully saturated rings. The zero-order chi connectivity index (χ0) is 22.9. The molecule has 1 heterocycles. The standard InChI is InChI=1S/C24H16F3NO4/c25-24(26,27)32-19-9-6-16(7-10-19)17-8-11-20-18(12-17)13-21(22(29)23(30)31)28(20)14-15-4-2-1-3-5-15/h1-13H,14H2,(H,30,31). The Morgan fingerprint density at radius 2 is 1.53 bits per heavy atom. The molecule has 32 heavy (non-hydrogen) atoms. The van der Waals surface area contributed by atoms with Crippen LogP contribution in [0.15, 0.2) is 78.9 Å². The first-order chi connectivity index (χ1) is 15.2. The maximum Gasteiger partial charge on any atom is 0.573 e. The smallest absolute Gasteiger partial charge is 0.475 e. The monoisotopic (exact) mass is 439 g/mol. The van der Waals surface area contributed by atoms with Gasteiger partial charge in [-0.1, -0.05) is 48.5 Å². The third kappa shape index (κ3) is 4.49. The number of alkyl halides is 3. The van der Waals surface area contributed by atoms with E-state index in [1.165, 1.54) is 30.3 Å². The summed E-state index contributed by atoms with van der Waals surface area (Å²) in [5, 5.41) is 9.87. The number of ketones is 1. The van der Waals surface area contributed by atoms with Crippen LogP contribution in [0.25, 0.3) is 22.0 Å². The molecule has 0 spiro atoms. The molecule has 0 aliphatic carbocycles. The van der Waals surface area contributed by atoms with Crippen LogP contribution in [0, 0.1) is 0 Å². The molecule has 0 atom stereocenters. The Morgan fingerprint density at radius 1 is 0.875 bits per heavy atom. The zero-order valence-electron chi connectivity index (χ0n) is 16.5. The van der Waals surface area contributed by atoms with Crippen molar-refractivity contribution in [1.29, 1.82) is 0 Å². The number of halogens is 3. The molecule has 3 aromatic carbocycles. The molecule has 0 amide bonds. The van der Waals surface area contributed by atoms with Gasteiger partial charge in [-0.3, -0.25) is 4.79 Å². The molecule has 1 aromatic heterocycles. The highest BCUT2D eigenvalue weighted by Gasteiger charge is 2.31. The molecule has 1 N–H and O–H groups in total. The molecule has 8 heteroatoms. The Balaban J connectivity index is 1.74. The van der Waals surface area contributed by atoms with Gasteiger partial charge in [0.2, 0.25) is 0 Å². The van der Waals surface area contributed by atoms with Crippen LogP contribution in [-0.2, 0) is 11.3 Å². The number of rotatable bonds is 6. The van der Waals surface area contributed by atoms with Gasteiger partial charge in [-0.05, 0) is 47.0 Å². The van der Waals surface area contributed by atoms with E-state index in [1.54, 1.807) is 22.8 Å². The van der Waals surface area contributed by atoms with Gasteiger partial charge in [0.15, 0.2) is 0 Å². The van der Waals surface area contributed by atoms with Crippen molar-refractivity contribution in [2.24, 2.45) is 0 Å². The lowest BCUT2D eigenvalue weighted by molar-refractivity contribution is -0.274. The lowest BCUT2D eigenvalue weighted by Gasteiger charge is -2.11. The fraction of sp³-hybridized carbons (Fsp3) is 0.0833. The van der Waals surface area contributed by atoms with Crippen LogP contribution in [0.5, 0.6) is 5.75 Å². The lowest BCUT2D eigenvalue weighted by atomic mass is 10.0. The number of carbonyl (C=O) groups is 2. The predicted octanol–water partition coefficient (Wildman–Crippen LogP) is 5.52. The number of Topliss-reactive ketones (excluding diaryl/α,β-unsaturated/α-hetero) is 1. The molecule has 0 aliphatic heterocycles. The van der Waals surface area contributed by atoms with Crippen LogP contribution >= 0.6 is 0 Å². The number of hydrogen-bond acceptors (Lipinski definition) is 3. The molecule has 0 saturated heterocycles. The van der Waals surface area contributed by atoms with Crippen molar-refractivity contribution in [3.63, 3.8) is 0 Å². The first-order valence-corrected chi connectivity index (χ1v) is 9.52. The average Bonchev–Trinajstić information content (AvgIpc) is 3.10. The van der Waals surface area contributed by atoms with E-state index in [2.05, 4.69) is 4.74 Å². The first-order valence-electron chi connectivity index (χ1n) is 9.52. The summed E-state index contributed by atoms with van der Waals surface area (Å²) in [5.74, 6) is -2.90. The van der Waals surface area contributed by atoms with Crippen molar-refractivity contribution in [2.45, 2.75) is 12.9 Å². The molecule has 0 aliphatic rings. The predicted molar refractivity (Wildman–Crippen MR) is 112 cm³/mol. The van der Waals surface area contributed by atoms with Crippen molar-refractivity contribution in [2.75, 3.05) is 0 Å². The Labute approximate surface area is 180 Å². The quantitative estimate of drug-likeness (QED) is 0.317. The average molecular weight is 439 g/mol. The molecule has 162 valence electrons. The second-order valence-corrected chi connectivity index (χ2v) is 7.08.